The maximum atomic E-state index is 11.5. The van der Waals surface area contributed by atoms with Gasteiger partial charge in [-0.25, -0.2) is 9.59 Å². The lowest BCUT2D eigenvalue weighted by Crippen LogP contribution is -2.23. The molecule has 6 nitrogen and oxygen atoms in total. The van der Waals surface area contributed by atoms with Crippen LogP contribution in [0.2, 0.25) is 0 Å². The van der Waals surface area contributed by atoms with Crippen LogP contribution in [0, 0.1) is 0 Å². The van der Waals surface area contributed by atoms with E-state index >= 15 is 0 Å². The lowest BCUT2D eigenvalue weighted by atomic mass is 10.0. The molecular weight excluding hydrogens is 442 g/mol. The lowest BCUT2D eigenvalue weighted by molar-refractivity contribution is 0.0696. The number of hydrogen-bond acceptors (Lipinski definition) is 4. The van der Waals surface area contributed by atoms with Crippen molar-refractivity contribution in [3.05, 3.63) is 131 Å². The minimum absolute atomic E-state index is 0.0398. The summed E-state index contributed by atoms with van der Waals surface area (Å²) in [5, 5.41) is 18.9. The van der Waals surface area contributed by atoms with Crippen molar-refractivity contribution < 1.29 is 24.5 Å². The Morgan fingerprint density at radius 1 is 0.571 bits per heavy atom. The molecule has 0 aliphatic heterocycles. The summed E-state index contributed by atoms with van der Waals surface area (Å²) in [5.74, 6) is -0.816. The van der Waals surface area contributed by atoms with E-state index in [-0.39, 0.29) is 11.1 Å². The second-order valence-corrected chi connectivity index (χ2v) is 8.22. The number of hydrogen-bond donors (Lipinski definition) is 2. The third-order valence-corrected chi connectivity index (χ3v) is 5.45. The number of nitrogens with zero attached hydrogens (tertiary/aromatic N) is 1. The third-order valence-electron chi connectivity index (χ3n) is 5.45. The topological polar surface area (TPSA) is 87.1 Å². The molecule has 0 bridgehead atoms. The number of aromatic carboxylic acids is 2. The Kier molecular flexibility index (Phi) is 7.55. The van der Waals surface area contributed by atoms with Crippen LogP contribution in [-0.4, -0.2) is 27.1 Å². The standard InChI is InChI=1S/C29H25NO5/c31-28(32)24-15-23(16-25(17-24)29(33)34)20-30(18-21-7-3-1-4-8-21)19-22-11-13-27(14-12-22)35-26-9-5-2-6-10-26/h1-17H,18-20H2,(H,31,32)(H,33,34). The van der Waals surface area contributed by atoms with E-state index in [0.29, 0.717) is 25.2 Å². The Balaban J connectivity index is 1.55. The van der Waals surface area contributed by atoms with Gasteiger partial charge in [0.15, 0.2) is 0 Å². The molecule has 0 aliphatic rings. The van der Waals surface area contributed by atoms with Crippen molar-refractivity contribution in [3.63, 3.8) is 0 Å². The molecule has 4 rings (SSSR count). The highest BCUT2D eigenvalue weighted by molar-refractivity contribution is 5.94. The summed E-state index contributed by atoms with van der Waals surface area (Å²) in [7, 11) is 0. The molecule has 0 radical (unpaired) electrons. The number of para-hydroxylation sites is 1. The first-order valence-electron chi connectivity index (χ1n) is 11.1. The smallest absolute Gasteiger partial charge is 0.335 e. The number of ether oxygens (including phenoxy) is 1. The number of benzene rings is 4. The summed E-state index contributed by atoms with van der Waals surface area (Å²) < 4.78 is 5.88. The second kappa shape index (κ2) is 11.1. The molecule has 0 heterocycles. The van der Waals surface area contributed by atoms with E-state index in [1.54, 1.807) is 0 Å². The fourth-order valence-corrected chi connectivity index (χ4v) is 3.84. The first-order valence-corrected chi connectivity index (χ1v) is 11.1. The zero-order valence-electron chi connectivity index (χ0n) is 19.0. The normalized spacial score (nSPS) is 10.8. The van der Waals surface area contributed by atoms with E-state index in [4.69, 9.17) is 4.74 Å². The summed E-state index contributed by atoms with van der Waals surface area (Å²) in [5.41, 5.74) is 2.70. The quantitative estimate of drug-likeness (QED) is 0.294. The van der Waals surface area contributed by atoms with Crippen molar-refractivity contribution in [1.82, 2.24) is 4.90 Å². The van der Waals surface area contributed by atoms with Gasteiger partial charge in [-0.2, -0.15) is 0 Å². The molecule has 0 saturated heterocycles. The molecule has 4 aromatic rings. The average Bonchev–Trinajstić information content (AvgIpc) is 2.86. The van der Waals surface area contributed by atoms with Crippen LogP contribution in [0.3, 0.4) is 0 Å². The van der Waals surface area contributed by atoms with Crippen LogP contribution in [0.4, 0.5) is 0 Å². The number of carboxylic acids is 2. The number of carbonyl (C=O) groups is 2. The minimum atomic E-state index is -1.15. The molecule has 0 fully saturated rings. The second-order valence-electron chi connectivity index (χ2n) is 8.22. The maximum Gasteiger partial charge on any atom is 0.335 e. The van der Waals surface area contributed by atoms with Crippen molar-refractivity contribution in [1.29, 1.82) is 0 Å². The van der Waals surface area contributed by atoms with E-state index in [9.17, 15) is 19.8 Å². The van der Waals surface area contributed by atoms with Crippen LogP contribution in [0.15, 0.2) is 103 Å². The molecule has 176 valence electrons. The first-order chi connectivity index (χ1) is 17.0. The highest BCUT2D eigenvalue weighted by atomic mass is 16.5. The monoisotopic (exact) mass is 467 g/mol. The van der Waals surface area contributed by atoms with Crippen LogP contribution >= 0.6 is 0 Å². The average molecular weight is 468 g/mol. The highest BCUT2D eigenvalue weighted by Gasteiger charge is 2.15. The van der Waals surface area contributed by atoms with E-state index in [2.05, 4.69) is 4.90 Å². The Morgan fingerprint density at radius 3 is 1.57 bits per heavy atom. The van der Waals surface area contributed by atoms with E-state index in [1.165, 1.54) is 18.2 Å². The van der Waals surface area contributed by atoms with Crippen molar-refractivity contribution in [2.75, 3.05) is 0 Å². The minimum Gasteiger partial charge on any atom is -0.478 e. The molecular formula is C29H25NO5. The maximum absolute atomic E-state index is 11.5. The van der Waals surface area contributed by atoms with Crippen molar-refractivity contribution in [2.24, 2.45) is 0 Å². The molecule has 6 heteroatoms. The summed E-state index contributed by atoms with van der Waals surface area (Å²) >= 11 is 0. The van der Waals surface area contributed by atoms with Crippen LogP contribution in [0.25, 0.3) is 0 Å². The van der Waals surface area contributed by atoms with E-state index < -0.39 is 11.9 Å². The van der Waals surface area contributed by atoms with Gasteiger partial charge >= 0.3 is 11.9 Å². The highest BCUT2D eigenvalue weighted by Crippen LogP contribution is 2.23. The van der Waals surface area contributed by atoms with Crippen LogP contribution in [-0.2, 0) is 19.6 Å². The van der Waals surface area contributed by atoms with Crippen LogP contribution < -0.4 is 4.74 Å². The van der Waals surface area contributed by atoms with Crippen molar-refractivity contribution in [2.45, 2.75) is 19.6 Å². The zero-order valence-corrected chi connectivity index (χ0v) is 19.0. The molecule has 4 aromatic carbocycles. The van der Waals surface area contributed by atoms with Crippen molar-refractivity contribution in [3.8, 4) is 11.5 Å². The zero-order chi connectivity index (χ0) is 24.6. The Labute approximate surface area is 203 Å². The molecule has 0 unspecified atom stereocenters. The SMILES string of the molecule is O=C(O)c1cc(CN(Cc2ccccc2)Cc2ccc(Oc3ccccc3)cc2)cc(C(=O)O)c1. The summed E-state index contributed by atoms with van der Waals surface area (Å²) in [6.45, 7) is 1.58. The molecule has 0 atom stereocenters. The van der Waals surface area contributed by atoms with Gasteiger partial charge in [-0.15, -0.1) is 0 Å². The fourth-order valence-electron chi connectivity index (χ4n) is 3.84. The molecule has 0 aliphatic carbocycles. The fraction of sp³-hybridized carbons (Fsp3) is 0.103. The number of carboxylic acid groups (broad SMARTS) is 2. The summed E-state index contributed by atoms with van der Waals surface area (Å²) in [6.07, 6.45) is 0. The molecule has 0 aromatic heterocycles. The van der Waals surface area contributed by atoms with Gasteiger partial charge in [0.2, 0.25) is 0 Å². The summed E-state index contributed by atoms with van der Waals surface area (Å²) in [4.78, 5) is 25.2. The van der Waals surface area contributed by atoms with Crippen LogP contribution in [0.1, 0.15) is 37.4 Å². The number of rotatable bonds is 10. The Hall–Kier alpha value is -4.42. The van der Waals surface area contributed by atoms with Gasteiger partial charge in [0.05, 0.1) is 11.1 Å². The Bertz CT molecular complexity index is 1260. The molecule has 2 N–H and O–H groups in total. The van der Waals surface area contributed by atoms with Gasteiger partial charge in [-0.3, -0.25) is 4.90 Å². The van der Waals surface area contributed by atoms with Gasteiger partial charge in [0.1, 0.15) is 11.5 Å². The van der Waals surface area contributed by atoms with Crippen molar-refractivity contribution >= 4 is 11.9 Å². The molecule has 0 amide bonds. The molecule has 35 heavy (non-hydrogen) atoms. The predicted octanol–water partition coefficient (Wildman–Crippen LogP) is 6.08. The van der Waals surface area contributed by atoms with E-state index in [1.807, 2.05) is 84.9 Å². The summed E-state index contributed by atoms with van der Waals surface area (Å²) in [6, 6.07) is 31.6. The van der Waals surface area contributed by atoms with Gasteiger partial charge in [-0.05, 0) is 59.2 Å². The largest absolute Gasteiger partial charge is 0.478 e. The predicted molar refractivity (Wildman–Crippen MR) is 133 cm³/mol. The van der Waals surface area contributed by atoms with Gasteiger partial charge in [-0.1, -0.05) is 60.7 Å². The first kappa shape index (κ1) is 23.7. The van der Waals surface area contributed by atoms with Crippen LogP contribution in [0.5, 0.6) is 11.5 Å². The molecule has 0 saturated carbocycles. The van der Waals surface area contributed by atoms with Gasteiger partial charge in [0, 0.05) is 19.6 Å². The lowest BCUT2D eigenvalue weighted by Gasteiger charge is -2.23. The van der Waals surface area contributed by atoms with Gasteiger partial charge < -0.3 is 14.9 Å². The third kappa shape index (κ3) is 6.79. The van der Waals surface area contributed by atoms with E-state index in [0.717, 1.165) is 22.6 Å². The Morgan fingerprint density at radius 2 is 1.03 bits per heavy atom. The molecule has 0 spiro atoms. The van der Waals surface area contributed by atoms with Gasteiger partial charge in [0.25, 0.3) is 0 Å².